The van der Waals surface area contributed by atoms with Crippen molar-refractivity contribution in [3.05, 3.63) is 33.5 Å². The standard InChI is InChI=1S/C10H9BrFN3O2S2/c1-6-3-8(12)7(11)4-9(6)19(16,17)15(2)10-14-13-5-18-10/h3-5H,1-2H3. The van der Waals surface area contributed by atoms with Gasteiger partial charge in [0.25, 0.3) is 10.0 Å². The van der Waals surface area contributed by atoms with Gasteiger partial charge in [0.1, 0.15) is 11.3 Å². The van der Waals surface area contributed by atoms with Crippen molar-refractivity contribution >= 4 is 42.4 Å². The van der Waals surface area contributed by atoms with Crippen LogP contribution in [-0.2, 0) is 10.0 Å². The van der Waals surface area contributed by atoms with Crippen LogP contribution in [0.4, 0.5) is 9.52 Å². The van der Waals surface area contributed by atoms with Crippen molar-refractivity contribution in [2.75, 3.05) is 11.4 Å². The number of hydrogen-bond donors (Lipinski definition) is 0. The molecule has 0 amide bonds. The molecule has 0 unspecified atom stereocenters. The van der Waals surface area contributed by atoms with Crippen LogP contribution in [0.3, 0.4) is 0 Å². The van der Waals surface area contributed by atoms with Gasteiger partial charge in [-0.1, -0.05) is 11.3 Å². The van der Waals surface area contributed by atoms with Gasteiger partial charge >= 0.3 is 0 Å². The second kappa shape index (κ2) is 5.14. The van der Waals surface area contributed by atoms with Crippen LogP contribution < -0.4 is 4.31 Å². The number of aromatic nitrogens is 2. The number of benzene rings is 1. The van der Waals surface area contributed by atoms with Crippen LogP contribution in [0.2, 0.25) is 0 Å². The summed E-state index contributed by atoms with van der Waals surface area (Å²) in [6, 6.07) is 2.42. The summed E-state index contributed by atoms with van der Waals surface area (Å²) in [4.78, 5) is 0.0264. The van der Waals surface area contributed by atoms with Gasteiger partial charge in [-0.2, -0.15) is 0 Å². The monoisotopic (exact) mass is 365 g/mol. The quantitative estimate of drug-likeness (QED) is 0.838. The van der Waals surface area contributed by atoms with Crippen LogP contribution in [0, 0.1) is 12.7 Å². The number of sulfonamides is 1. The third-order valence-corrected chi connectivity index (χ3v) is 5.85. The summed E-state index contributed by atoms with van der Waals surface area (Å²) in [5.41, 5.74) is 1.77. The molecule has 19 heavy (non-hydrogen) atoms. The van der Waals surface area contributed by atoms with Crippen molar-refractivity contribution in [2.45, 2.75) is 11.8 Å². The average molecular weight is 366 g/mol. The third kappa shape index (κ3) is 2.63. The second-order valence-electron chi connectivity index (χ2n) is 3.73. The number of halogens is 2. The molecule has 0 aliphatic rings. The number of nitrogens with zero attached hydrogens (tertiary/aromatic N) is 3. The molecule has 0 fully saturated rings. The first kappa shape index (κ1) is 14.4. The van der Waals surface area contributed by atoms with E-state index in [1.807, 2.05) is 0 Å². The molecule has 102 valence electrons. The molecule has 2 aromatic rings. The molecule has 0 radical (unpaired) electrons. The molecule has 0 aliphatic carbocycles. The summed E-state index contributed by atoms with van der Waals surface area (Å²) in [6.07, 6.45) is 0. The Morgan fingerprint density at radius 3 is 2.68 bits per heavy atom. The van der Waals surface area contributed by atoms with Gasteiger partial charge in [0, 0.05) is 7.05 Å². The molecular weight excluding hydrogens is 357 g/mol. The molecule has 0 atom stereocenters. The average Bonchev–Trinajstić information content (AvgIpc) is 2.86. The highest BCUT2D eigenvalue weighted by Gasteiger charge is 2.26. The Morgan fingerprint density at radius 1 is 1.42 bits per heavy atom. The fraction of sp³-hybridized carbons (Fsp3) is 0.200. The summed E-state index contributed by atoms with van der Waals surface area (Å²) in [5, 5.41) is 7.55. The van der Waals surface area contributed by atoms with E-state index in [1.165, 1.54) is 31.6 Å². The van der Waals surface area contributed by atoms with E-state index in [0.717, 1.165) is 15.6 Å². The highest BCUT2D eigenvalue weighted by atomic mass is 79.9. The smallest absolute Gasteiger partial charge is 0.243 e. The Hall–Kier alpha value is -1.06. The molecule has 1 aromatic carbocycles. The predicted octanol–water partition coefficient (Wildman–Crippen LogP) is 2.57. The Balaban J connectivity index is 2.54. The van der Waals surface area contributed by atoms with Gasteiger partial charge in [0.05, 0.1) is 9.37 Å². The zero-order chi connectivity index (χ0) is 14.2. The van der Waals surface area contributed by atoms with Gasteiger partial charge in [0.15, 0.2) is 0 Å². The molecule has 0 bridgehead atoms. The van der Waals surface area contributed by atoms with E-state index >= 15 is 0 Å². The topological polar surface area (TPSA) is 63.2 Å². The Morgan fingerprint density at radius 2 is 2.11 bits per heavy atom. The summed E-state index contributed by atoms with van der Waals surface area (Å²) in [5.74, 6) is -0.505. The lowest BCUT2D eigenvalue weighted by Gasteiger charge is -2.17. The number of rotatable bonds is 3. The molecule has 2 rings (SSSR count). The van der Waals surface area contributed by atoms with Crippen LogP contribution in [0.15, 0.2) is 27.0 Å². The zero-order valence-electron chi connectivity index (χ0n) is 9.96. The van der Waals surface area contributed by atoms with Gasteiger partial charge in [-0.05, 0) is 40.5 Å². The van der Waals surface area contributed by atoms with Crippen molar-refractivity contribution < 1.29 is 12.8 Å². The first-order chi connectivity index (χ1) is 8.84. The highest BCUT2D eigenvalue weighted by Crippen LogP contribution is 2.28. The predicted molar refractivity (Wildman–Crippen MR) is 74.3 cm³/mol. The third-order valence-electron chi connectivity index (χ3n) is 2.47. The largest absolute Gasteiger partial charge is 0.266 e. The van der Waals surface area contributed by atoms with Crippen LogP contribution in [-0.4, -0.2) is 25.7 Å². The number of aryl methyl sites for hydroxylation is 1. The van der Waals surface area contributed by atoms with E-state index in [-0.39, 0.29) is 14.5 Å². The molecule has 1 aromatic heterocycles. The van der Waals surface area contributed by atoms with Crippen LogP contribution >= 0.6 is 27.3 Å². The maximum absolute atomic E-state index is 13.3. The zero-order valence-corrected chi connectivity index (χ0v) is 13.2. The maximum atomic E-state index is 13.3. The van der Waals surface area contributed by atoms with Gasteiger partial charge in [-0.15, -0.1) is 10.2 Å². The molecule has 5 nitrogen and oxygen atoms in total. The Labute approximate surface area is 122 Å². The van der Waals surface area contributed by atoms with Gasteiger partial charge in [-0.25, -0.2) is 17.1 Å². The van der Waals surface area contributed by atoms with Crippen molar-refractivity contribution in [1.82, 2.24) is 10.2 Å². The van der Waals surface area contributed by atoms with Crippen LogP contribution in [0.1, 0.15) is 5.56 Å². The van der Waals surface area contributed by atoms with E-state index < -0.39 is 15.8 Å². The molecule has 0 spiro atoms. The minimum atomic E-state index is -3.79. The molecular formula is C10H9BrFN3O2S2. The lowest BCUT2D eigenvalue weighted by Crippen LogP contribution is -2.27. The molecule has 0 saturated carbocycles. The lowest BCUT2D eigenvalue weighted by molar-refractivity contribution is 0.591. The lowest BCUT2D eigenvalue weighted by atomic mass is 10.2. The summed E-state index contributed by atoms with van der Waals surface area (Å²) in [6.45, 7) is 1.54. The SMILES string of the molecule is Cc1cc(F)c(Br)cc1S(=O)(=O)N(C)c1nncs1. The summed E-state index contributed by atoms with van der Waals surface area (Å²) < 4.78 is 39.3. The fourth-order valence-corrected chi connectivity index (χ4v) is 4.08. The van der Waals surface area contributed by atoms with Crippen molar-refractivity contribution in [3.63, 3.8) is 0 Å². The molecule has 0 N–H and O–H groups in total. The molecule has 0 saturated heterocycles. The van der Waals surface area contributed by atoms with Gasteiger partial charge in [0.2, 0.25) is 5.13 Å². The Kier molecular flexibility index (Phi) is 3.88. The summed E-state index contributed by atoms with van der Waals surface area (Å²) >= 11 is 4.09. The van der Waals surface area contributed by atoms with E-state index in [0.29, 0.717) is 5.56 Å². The fourth-order valence-electron chi connectivity index (χ4n) is 1.46. The second-order valence-corrected chi connectivity index (χ2v) is 7.33. The van der Waals surface area contributed by atoms with Crippen LogP contribution in [0.5, 0.6) is 0 Å². The summed E-state index contributed by atoms with van der Waals surface area (Å²) in [7, 11) is -2.41. The highest BCUT2D eigenvalue weighted by molar-refractivity contribution is 9.10. The van der Waals surface area contributed by atoms with Crippen LogP contribution in [0.25, 0.3) is 0 Å². The van der Waals surface area contributed by atoms with Crippen molar-refractivity contribution in [3.8, 4) is 0 Å². The number of hydrogen-bond acceptors (Lipinski definition) is 5. The first-order valence-corrected chi connectivity index (χ1v) is 8.16. The maximum Gasteiger partial charge on any atom is 0.266 e. The van der Waals surface area contributed by atoms with E-state index in [2.05, 4.69) is 26.1 Å². The van der Waals surface area contributed by atoms with E-state index in [4.69, 9.17) is 0 Å². The van der Waals surface area contributed by atoms with Crippen molar-refractivity contribution in [2.24, 2.45) is 0 Å². The molecule has 0 aliphatic heterocycles. The minimum Gasteiger partial charge on any atom is -0.243 e. The van der Waals surface area contributed by atoms with Gasteiger partial charge in [-0.3, -0.25) is 0 Å². The normalized spacial score (nSPS) is 11.6. The van der Waals surface area contributed by atoms with Gasteiger partial charge < -0.3 is 0 Å². The Bertz CT molecular complexity index is 704. The minimum absolute atomic E-state index is 0.0264. The van der Waals surface area contributed by atoms with E-state index in [1.54, 1.807) is 0 Å². The molecule has 1 heterocycles. The number of anilines is 1. The van der Waals surface area contributed by atoms with Crippen molar-refractivity contribution in [1.29, 1.82) is 0 Å². The van der Waals surface area contributed by atoms with E-state index in [9.17, 15) is 12.8 Å². The molecule has 9 heteroatoms. The first-order valence-electron chi connectivity index (χ1n) is 5.05.